The maximum Gasteiger partial charge on any atom is 0.255 e. The summed E-state index contributed by atoms with van der Waals surface area (Å²) in [5.41, 5.74) is 2.88. The van der Waals surface area contributed by atoms with Crippen molar-refractivity contribution in [2.45, 2.75) is 4.90 Å². The number of nitrogens with one attached hydrogen (secondary N) is 1. The van der Waals surface area contributed by atoms with Crippen LogP contribution < -0.4 is 5.43 Å². The summed E-state index contributed by atoms with van der Waals surface area (Å²) in [5.74, 6) is -0.547. The van der Waals surface area contributed by atoms with Gasteiger partial charge in [0.25, 0.3) is 5.91 Å². The molecule has 0 aliphatic carbocycles. The summed E-state index contributed by atoms with van der Waals surface area (Å²) in [6.45, 7) is -0.352. The molecule has 0 radical (unpaired) electrons. The molecule has 1 amide bonds. The van der Waals surface area contributed by atoms with Gasteiger partial charge in [-0.1, -0.05) is 36.4 Å². The van der Waals surface area contributed by atoms with E-state index in [4.69, 9.17) is 0 Å². The fraction of sp³-hybridized carbons (Fsp3) is 0.105. The normalized spacial score (nSPS) is 11.9. The number of hydrogen-bond donors (Lipinski definition) is 1. The van der Waals surface area contributed by atoms with Crippen LogP contribution in [0.5, 0.6) is 0 Å². The first-order valence-electron chi connectivity index (χ1n) is 8.15. The van der Waals surface area contributed by atoms with Crippen LogP contribution in [0.3, 0.4) is 0 Å². The summed E-state index contributed by atoms with van der Waals surface area (Å²) in [6.07, 6.45) is 2.99. The molecule has 138 valence electrons. The number of nitrogens with zero attached hydrogens (tertiary/aromatic N) is 3. The average molecular weight is 382 g/mol. The molecule has 0 saturated carbocycles. The molecule has 3 aromatic rings. The van der Waals surface area contributed by atoms with Gasteiger partial charge in [-0.2, -0.15) is 9.41 Å². The molecule has 0 aliphatic rings. The number of aromatic nitrogens is 1. The van der Waals surface area contributed by atoms with Gasteiger partial charge in [0.2, 0.25) is 10.0 Å². The quantitative estimate of drug-likeness (QED) is 0.521. The van der Waals surface area contributed by atoms with Gasteiger partial charge in [0.15, 0.2) is 0 Å². The van der Waals surface area contributed by atoms with Crippen LogP contribution in [0.4, 0.5) is 0 Å². The van der Waals surface area contributed by atoms with E-state index in [-0.39, 0.29) is 11.4 Å². The Hall–Kier alpha value is -3.10. The van der Waals surface area contributed by atoms with Gasteiger partial charge in [-0.25, -0.2) is 13.8 Å². The first-order chi connectivity index (χ1) is 13.0. The molecule has 3 rings (SSSR count). The van der Waals surface area contributed by atoms with E-state index >= 15 is 0 Å². The second-order valence-corrected chi connectivity index (χ2v) is 7.86. The Morgan fingerprint density at radius 1 is 1.11 bits per heavy atom. The Morgan fingerprint density at radius 2 is 1.85 bits per heavy atom. The molecule has 0 fully saturated rings. The summed E-state index contributed by atoms with van der Waals surface area (Å²) >= 11 is 0. The van der Waals surface area contributed by atoms with Crippen LogP contribution in [0, 0.1) is 0 Å². The van der Waals surface area contributed by atoms with Gasteiger partial charge in [-0.05, 0) is 35.0 Å². The van der Waals surface area contributed by atoms with Gasteiger partial charge >= 0.3 is 0 Å². The van der Waals surface area contributed by atoms with E-state index < -0.39 is 15.9 Å². The Bertz CT molecular complexity index is 1080. The molecule has 1 aromatic heterocycles. The Kier molecular flexibility index (Phi) is 5.58. The number of amides is 1. The molecule has 1 heterocycles. The number of carbonyl (C=O) groups is 1. The minimum atomic E-state index is -3.79. The molecule has 0 aliphatic heterocycles. The van der Waals surface area contributed by atoms with Crippen LogP contribution >= 0.6 is 0 Å². The monoisotopic (exact) mass is 382 g/mol. The lowest BCUT2D eigenvalue weighted by molar-refractivity contribution is -0.121. The van der Waals surface area contributed by atoms with E-state index in [1.165, 1.54) is 19.3 Å². The summed E-state index contributed by atoms with van der Waals surface area (Å²) in [6, 6.07) is 17.6. The zero-order valence-corrected chi connectivity index (χ0v) is 15.4. The Labute approximate surface area is 157 Å². The van der Waals surface area contributed by atoms with E-state index in [9.17, 15) is 13.2 Å². The maximum absolute atomic E-state index is 12.7. The van der Waals surface area contributed by atoms with Crippen molar-refractivity contribution in [2.75, 3.05) is 13.6 Å². The molecule has 0 bridgehead atoms. The second-order valence-electron chi connectivity index (χ2n) is 5.82. The fourth-order valence-electron chi connectivity index (χ4n) is 2.45. The lowest BCUT2D eigenvalue weighted by atomic mass is 10.1. The molecule has 8 heteroatoms. The molecule has 7 nitrogen and oxygen atoms in total. The number of rotatable bonds is 6. The molecule has 2 aromatic carbocycles. The van der Waals surface area contributed by atoms with Gasteiger partial charge in [0.1, 0.15) is 0 Å². The predicted octanol–water partition coefficient (Wildman–Crippen LogP) is 2.01. The van der Waals surface area contributed by atoms with Gasteiger partial charge < -0.3 is 0 Å². The van der Waals surface area contributed by atoms with Crippen molar-refractivity contribution in [1.29, 1.82) is 0 Å². The van der Waals surface area contributed by atoms with Crippen molar-refractivity contribution in [3.63, 3.8) is 0 Å². The van der Waals surface area contributed by atoms with Gasteiger partial charge in [0, 0.05) is 13.2 Å². The number of hydrogen-bond acceptors (Lipinski definition) is 5. The fourth-order valence-corrected chi connectivity index (χ4v) is 3.62. The number of likely N-dealkylation sites (N-methyl/N-ethyl adjacent to an activating group) is 1. The first-order valence-corrected chi connectivity index (χ1v) is 9.59. The third kappa shape index (κ3) is 4.55. The number of fused-ring (bicyclic) bond motifs is 1. The van der Waals surface area contributed by atoms with Gasteiger partial charge in [0.05, 0.1) is 23.3 Å². The highest BCUT2D eigenvalue weighted by atomic mass is 32.2. The van der Waals surface area contributed by atoms with Crippen molar-refractivity contribution >= 4 is 32.9 Å². The number of sulfonamides is 1. The first kappa shape index (κ1) is 18.7. The number of carbonyl (C=O) groups excluding carboxylic acids is 1. The smallest absolute Gasteiger partial charge is 0.255 e. The highest BCUT2D eigenvalue weighted by molar-refractivity contribution is 7.89. The third-order valence-corrected chi connectivity index (χ3v) is 5.67. The Morgan fingerprint density at radius 3 is 2.59 bits per heavy atom. The molecule has 0 unspecified atom stereocenters. The van der Waals surface area contributed by atoms with Crippen molar-refractivity contribution in [3.8, 4) is 0 Å². The van der Waals surface area contributed by atoms with Crippen LogP contribution in [0.1, 0.15) is 5.69 Å². The zero-order chi connectivity index (χ0) is 19.3. The van der Waals surface area contributed by atoms with Gasteiger partial charge in [-0.15, -0.1) is 0 Å². The van der Waals surface area contributed by atoms with Crippen molar-refractivity contribution < 1.29 is 13.2 Å². The van der Waals surface area contributed by atoms with Crippen molar-refractivity contribution in [2.24, 2.45) is 5.10 Å². The predicted molar refractivity (Wildman–Crippen MR) is 104 cm³/mol. The van der Waals surface area contributed by atoms with Crippen LogP contribution in [0.15, 0.2) is 76.9 Å². The maximum atomic E-state index is 12.7. The topological polar surface area (TPSA) is 91.7 Å². The number of benzene rings is 2. The SMILES string of the molecule is CN(CC(=O)N/N=C/c1ccccn1)S(=O)(=O)c1ccc2ccccc2c1. The van der Waals surface area contributed by atoms with Crippen LogP contribution in [-0.2, 0) is 14.8 Å². The molecule has 27 heavy (non-hydrogen) atoms. The van der Waals surface area contributed by atoms with Crippen LogP contribution in [-0.4, -0.2) is 43.4 Å². The average Bonchev–Trinajstić information content (AvgIpc) is 2.68. The minimum absolute atomic E-state index is 0.133. The zero-order valence-electron chi connectivity index (χ0n) is 14.6. The summed E-state index contributed by atoms with van der Waals surface area (Å²) < 4.78 is 26.4. The van der Waals surface area contributed by atoms with Crippen LogP contribution in [0.2, 0.25) is 0 Å². The van der Waals surface area contributed by atoms with E-state index in [2.05, 4.69) is 15.5 Å². The summed E-state index contributed by atoms with van der Waals surface area (Å²) in [4.78, 5) is 16.1. The van der Waals surface area contributed by atoms with Crippen molar-refractivity contribution in [3.05, 3.63) is 72.6 Å². The van der Waals surface area contributed by atoms with E-state index in [1.54, 1.807) is 36.5 Å². The number of hydrazone groups is 1. The lowest BCUT2D eigenvalue weighted by Gasteiger charge is -2.16. The molecular formula is C19H18N4O3S. The highest BCUT2D eigenvalue weighted by Crippen LogP contribution is 2.21. The molecule has 1 N–H and O–H groups in total. The van der Waals surface area contributed by atoms with E-state index in [0.29, 0.717) is 5.69 Å². The molecular weight excluding hydrogens is 364 g/mol. The van der Waals surface area contributed by atoms with Gasteiger partial charge in [-0.3, -0.25) is 9.78 Å². The molecule has 0 spiro atoms. The standard InChI is InChI=1S/C19H18N4O3S/c1-23(14-19(24)22-21-13-17-8-4-5-11-20-17)27(25,26)18-10-9-15-6-2-3-7-16(15)12-18/h2-13H,14H2,1H3,(H,22,24)/b21-13+. The third-order valence-electron chi connectivity index (χ3n) is 3.87. The molecule has 0 saturated heterocycles. The second kappa shape index (κ2) is 8.07. The van der Waals surface area contributed by atoms with Crippen molar-refractivity contribution in [1.82, 2.24) is 14.7 Å². The lowest BCUT2D eigenvalue weighted by Crippen LogP contribution is -2.36. The largest absolute Gasteiger partial charge is 0.272 e. The summed E-state index contributed by atoms with van der Waals surface area (Å²) in [7, 11) is -2.44. The van der Waals surface area contributed by atoms with E-state index in [0.717, 1.165) is 15.1 Å². The highest BCUT2D eigenvalue weighted by Gasteiger charge is 2.23. The van der Waals surface area contributed by atoms with E-state index in [1.807, 2.05) is 24.3 Å². The molecule has 0 atom stereocenters. The van der Waals surface area contributed by atoms with Crippen LogP contribution in [0.25, 0.3) is 10.8 Å². The Balaban J connectivity index is 1.67. The minimum Gasteiger partial charge on any atom is -0.272 e. The number of pyridine rings is 1. The summed E-state index contributed by atoms with van der Waals surface area (Å²) in [5, 5.41) is 5.54.